The van der Waals surface area contributed by atoms with Crippen LogP contribution < -0.4 is 4.74 Å². The Bertz CT molecular complexity index is 787. The van der Waals surface area contributed by atoms with Crippen LogP contribution in [-0.4, -0.2) is 36.5 Å². The second-order valence-corrected chi connectivity index (χ2v) is 6.95. The molecule has 5 heteroatoms. The van der Waals surface area contributed by atoms with Crippen molar-refractivity contribution < 1.29 is 19.1 Å². The Morgan fingerprint density at radius 3 is 2.59 bits per heavy atom. The highest BCUT2D eigenvalue weighted by Crippen LogP contribution is 2.37. The number of benzene rings is 1. The van der Waals surface area contributed by atoms with Gasteiger partial charge in [0.2, 0.25) is 0 Å². The number of para-hydroxylation sites is 1. The third kappa shape index (κ3) is 3.77. The molecule has 1 aromatic rings. The number of methoxy groups -OCH3 is 1. The number of carbonyl (C=O) groups excluding carboxylic acids is 2. The number of hydrogen-bond acceptors (Lipinski definition) is 4. The molecule has 0 unspecified atom stereocenters. The highest BCUT2D eigenvalue weighted by molar-refractivity contribution is 6.16. The predicted octanol–water partition coefficient (Wildman–Crippen LogP) is 4.09. The maximum atomic E-state index is 13.3. The zero-order valence-corrected chi connectivity index (χ0v) is 16.3. The van der Waals surface area contributed by atoms with Gasteiger partial charge < -0.3 is 14.4 Å². The predicted molar refractivity (Wildman–Crippen MR) is 104 cm³/mol. The average Bonchev–Trinajstić information content (AvgIpc) is 2.93. The highest BCUT2D eigenvalue weighted by atomic mass is 16.5. The number of amides is 1. The Morgan fingerprint density at radius 2 is 1.93 bits per heavy atom. The molecule has 5 nitrogen and oxygen atoms in total. The molecule has 0 spiro atoms. The first-order chi connectivity index (χ1) is 13.1. The summed E-state index contributed by atoms with van der Waals surface area (Å²) in [6.07, 6.45) is 7.13. The van der Waals surface area contributed by atoms with Crippen LogP contribution >= 0.6 is 0 Å². The summed E-state index contributed by atoms with van der Waals surface area (Å²) in [6.45, 7) is 4.29. The van der Waals surface area contributed by atoms with E-state index in [1.54, 1.807) is 11.0 Å². The van der Waals surface area contributed by atoms with Gasteiger partial charge in [-0.3, -0.25) is 4.79 Å². The molecule has 0 saturated heterocycles. The Hall–Kier alpha value is -2.56. The smallest absolute Gasteiger partial charge is 0.340 e. The molecule has 1 amide bonds. The van der Waals surface area contributed by atoms with Crippen molar-refractivity contribution in [3.63, 3.8) is 0 Å². The Balaban J connectivity index is 2.05. The third-order valence-corrected chi connectivity index (χ3v) is 5.29. The SMILES string of the molecule is CCOc1ccccc1/C=C1\C(=O)N(C2CCCCC2)C(C)=C1C(=O)OC. The van der Waals surface area contributed by atoms with E-state index in [0.717, 1.165) is 31.2 Å². The van der Waals surface area contributed by atoms with Crippen LogP contribution in [0.2, 0.25) is 0 Å². The second-order valence-electron chi connectivity index (χ2n) is 6.95. The van der Waals surface area contributed by atoms with Crippen molar-refractivity contribution in [2.45, 2.75) is 52.0 Å². The van der Waals surface area contributed by atoms with Crippen molar-refractivity contribution in [2.24, 2.45) is 0 Å². The van der Waals surface area contributed by atoms with Crippen LogP contribution in [0.1, 0.15) is 51.5 Å². The monoisotopic (exact) mass is 369 g/mol. The molecule has 0 aromatic heterocycles. The number of esters is 1. The van der Waals surface area contributed by atoms with E-state index in [1.807, 2.05) is 38.1 Å². The Labute approximate surface area is 160 Å². The Morgan fingerprint density at radius 1 is 1.22 bits per heavy atom. The van der Waals surface area contributed by atoms with Crippen LogP contribution in [0.5, 0.6) is 5.75 Å². The summed E-state index contributed by atoms with van der Waals surface area (Å²) in [5.74, 6) is 0.101. The lowest BCUT2D eigenvalue weighted by Gasteiger charge is -2.32. The average molecular weight is 369 g/mol. The standard InChI is InChI=1S/C22H27NO4/c1-4-27-19-13-9-8-10-16(19)14-18-20(22(25)26-3)15(2)23(21(18)24)17-11-6-5-7-12-17/h8-10,13-14,17H,4-7,11-12H2,1-3H3/b18-14-. The lowest BCUT2D eigenvalue weighted by atomic mass is 9.94. The molecule has 2 aliphatic rings. The van der Waals surface area contributed by atoms with Crippen LogP contribution in [0.25, 0.3) is 6.08 Å². The van der Waals surface area contributed by atoms with Crippen molar-refractivity contribution >= 4 is 18.0 Å². The molecule has 1 aromatic carbocycles. The van der Waals surface area contributed by atoms with Crippen molar-refractivity contribution in [1.82, 2.24) is 4.90 Å². The molecule has 0 N–H and O–H groups in total. The van der Waals surface area contributed by atoms with Crippen molar-refractivity contribution in [3.05, 3.63) is 46.7 Å². The van der Waals surface area contributed by atoms with Crippen LogP contribution in [-0.2, 0) is 14.3 Å². The summed E-state index contributed by atoms with van der Waals surface area (Å²) in [5, 5.41) is 0. The molecule has 0 radical (unpaired) electrons. The van der Waals surface area contributed by atoms with Crippen molar-refractivity contribution in [3.8, 4) is 5.75 Å². The number of nitrogens with zero attached hydrogens (tertiary/aromatic N) is 1. The van der Waals surface area contributed by atoms with E-state index >= 15 is 0 Å². The molecule has 1 aliphatic carbocycles. The van der Waals surface area contributed by atoms with Gasteiger partial charge in [0.15, 0.2) is 0 Å². The summed E-state index contributed by atoms with van der Waals surface area (Å²) in [4.78, 5) is 27.6. The van der Waals surface area contributed by atoms with Gasteiger partial charge in [-0.2, -0.15) is 0 Å². The van der Waals surface area contributed by atoms with E-state index in [4.69, 9.17) is 9.47 Å². The molecule has 3 rings (SSSR count). The van der Waals surface area contributed by atoms with Gasteiger partial charge in [-0.1, -0.05) is 37.5 Å². The van der Waals surface area contributed by atoms with Gasteiger partial charge >= 0.3 is 5.97 Å². The molecule has 144 valence electrons. The molecule has 0 atom stereocenters. The third-order valence-electron chi connectivity index (χ3n) is 5.29. The summed E-state index contributed by atoms with van der Waals surface area (Å²) in [6, 6.07) is 7.68. The van der Waals surface area contributed by atoms with Crippen LogP contribution in [0.4, 0.5) is 0 Å². The summed E-state index contributed by atoms with van der Waals surface area (Å²) >= 11 is 0. The van der Waals surface area contributed by atoms with Gasteiger partial charge in [-0.15, -0.1) is 0 Å². The molecular formula is C22H27NO4. The Kier molecular flexibility index (Phi) is 5.99. The molecule has 1 aliphatic heterocycles. The zero-order chi connectivity index (χ0) is 19.4. The first-order valence-corrected chi connectivity index (χ1v) is 9.65. The van der Waals surface area contributed by atoms with E-state index in [1.165, 1.54) is 13.5 Å². The first-order valence-electron chi connectivity index (χ1n) is 9.65. The lowest BCUT2D eigenvalue weighted by Crippen LogP contribution is -2.37. The highest BCUT2D eigenvalue weighted by Gasteiger charge is 2.40. The second kappa shape index (κ2) is 8.42. The lowest BCUT2D eigenvalue weighted by molar-refractivity contribution is -0.136. The molecule has 0 bridgehead atoms. The van der Waals surface area contributed by atoms with Crippen molar-refractivity contribution in [2.75, 3.05) is 13.7 Å². The van der Waals surface area contributed by atoms with Gasteiger partial charge in [0.25, 0.3) is 5.91 Å². The van der Waals surface area contributed by atoms with E-state index in [9.17, 15) is 9.59 Å². The van der Waals surface area contributed by atoms with Gasteiger partial charge in [0.05, 0.1) is 24.9 Å². The molecular weight excluding hydrogens is 342 g/mol. The van der Waals surface area contributed by atoms with E-state index < -0.39 is 5.97 Å². The van der Waals surface area contributed by atoms with Crippen molar-refractivity contribution in [1.29, 1.82) is 0 Å². The molecule has 1 saturated carbocycles. The zero-order valence-electron chi connectivity index (χ0n) is 16.3. The van der Waals surface area contributed by atoms with E-state index in [0.29, 0.717) is 29.2 Å². The van der Waals surface area contributed by atoms with Crippen LogP contribution in [0.15, 0.2) is 41.1 Å². The summed E-state index contributed by atoms with van der Waals surface area (Å²) in [7, 11) is 1.35. The normalized spacial score (nSPS) is 19.7. The van der Waals surface area contributed by atoms with E-state index in [2.05, 4.69) is 0 Å². The van der Waals surface area contributed by atoms with Crippen LogP contribution in [0, 0.1) is 0 Å². The van der Waals surface area contributed by atoms with Gasteiger partial charge in [-0.25, -0.2) is 4.79 Å². The van der Waals surface area contributed by atoms with Crippen LogP contribution in [0.3, 0.4) is 0 Å². The number of rotatable bonds is 5. The van der Waals surface area contributed by atoms with E-state index in [-0.39, 0.29) is 11.9 Å². The molecule has 27 heavy (non-hydrogen) atoms. The minimum absolute atomic E-state index is 0.119. The fourth-order valence-corrected chi connectivity index (χ4v) is 4.02. The molecule has 1 fully saturated rings. The van der Waals surface area contributed by atoms with Gasteiger partial charge in [-0.05, 0) is 38.8 Å². The summed E-state index contributed by atoms with van der Waals surface area (Å²) in [5.41, 5.74) is 2.22. The first kappa shape index (κ1) is 19.2. The number of ether oxygens (including phenoxy) is 2. The van der Waals surface area contributed by atoms with Gasteiger partial charge in [0, 0.05) is 17.3 Å². The summed E-state index contributed by atoms with van der Waals surface area (Å²) < 4.78 is 10.7. The number of allylic oxidation sites excluding steroid dienone is 1. The minimum Gasteiger partial charge on any atom is -0.493 e. The quantitative estimate of drug-likeness (QED) is 0.579. The maximum Gasteiger partial charge on any atom is 0.340 e. The van der Waals surface area contributed by atoms with Gasteiger partial charge in [0.1, 0.15) is 5.75 Å². The number of hydrogen-bond donors (Lipinski definition) is 0. The largest absolute Gasteiger partial charge is 0.493 e. The number of carbonyl (C=O) groups is 2. The fraction of sp³-hybridized carbons (Fsp3) is 0.455. The topological polar surface area (TPSA) is 55.8 Å². The fourth-order valence-electron chi connectivity index (χ4n) is 4.02. The minimum atomic E-state index is -0.473. The maximum absolute atomic E-state index is 13.3. The molecule has 1 heterocycles.